The molecular weight excluding hydrogens is 540 g/mol. The molecule has 1 saturated heterocycles. The van der Waals surface area contributed by atoms with E-state index in [1.165, 1.54) is 10.6 Å². The molecule has 42 heavy (non-hydrogen) atoms. The number of aryl methyl sites for hydroxylation is 1. The van der Waals surface area contributed by atoms with E-state index in [-0.39, 0.29) is 23.8 Å². The summed E-state index contributed by atoms with van der Waals surface area (Å²) in [5.74, 6) is 0.627. The molecule has 2 heterocycles. The summed E-state index contributed by atoms with van der Waals surface area (Å²) >= 11 is 1.73. The molecule has 0 bridgehead atoms. The molecule has 1 amide bonds. The predicted octanol–water partition coefficient (Wildman–Crippen LogP) is 5.77. The first-order valence-corrected chi connectivity index (χ1v) is 16.6. The summed E-state index contributed by atoms with van der Waals surface area (Å²) in [7, 11) is 0. The number of hydrogen-bond acceptors (Lipinski definition) is 6. The standard InChI is InChI=1S/C35H50N4O2S/c1-26(2)31(17-11-16-30-25-42-35(36-30)27(3)4)34(41)37-32(22-28-12-7-5-8-13-28)33(40)24-39-20-18-38(19-21-39)23-29-14-9-6-10-15-29/h5-10,12-15,25-27,31-33,40H,11,16-24H2,1-4H3,(H,37,41)/t31-,32-,33+/m0/s1. The van der Waals surface area contributed by atoms with Gasteiger partial charge in [0, 0.05) is 56.5 Å². The average molecular weight is 591 g/mol. The largest absolute Gasteiger partial charge is 0.390 e. The second-order valence-corrected chi connectivity index (χ2v) is 13.4. The maximum Gasteiger partial charge on any atom is 0.223 e. The van der Waals surface area contributed by atoms with Gasteiger partial charge in [0.25, 0.3) is 0 Å². The summed E-state index contributed by atoms with van der Waals surface area (Å²) in [6.45, 7) is 13.9. The Morgan fingerprint density at radius 3 is 2.14 bits per heavy atom. The van der Waals surface area contributed by atoms with Gasteiger partial charge >= 0.3 is 0 Å². The van der Waals surface area contributed by atoms with Crippen LogP contribution in [0.25, 0.3) is 0 Å². The quantitative estimate of drug-likeness (QED) is 0.235. The molecule has 0 unspecified atom stereocenters. The third-order valence-corrected chi connectivity index (χ3v) is 9.60. The number of rotatable bonds is 15. The second kappa shape index (κ2) is 16.3. The summed E-state index contributed by atoms with van der Waals surface area (Å²) in [5.41, 5.74) is 3.59. The molecule has 2 N–H and O–H groups in total. The van der Waals surface area contributed by atoms with Crippen molar-refractivity contribution in [3.8, 4) is 0 Å². The van der Waals surface area contributed by atoms with Crippen LogP contribution >= 0.6 is 11.3 Å². The first-order valence-electron chi connectivity index (χ1n) is 15.7. The Labute approximate surface area is 257 Å². The van der Waals surface area contributed by atoms with Gasteiger partial charge in [0.2, 0.25) is 5.91 Å². The Morgan fingerprint density at radius 2 is 1.55 bits per heavy atom. The smallest absolute Gasteiger partial charge is 0.223 e. The fraction of sp³-hybridized carbons (Fsp3) is 0.543. The minimum Gasteiger partial charge on any atom is -0.390 e. The molecule has 6 nitrogen and oxygen atoms in total. The molecule has 7 heteroatoms. The molecule has 1 fully saturated rings. The number of amides is 1. The first kappa shape index (κ1) is 32.3. The van der Waals surface area contributed by atoms with Gasteiger partial charge in [-0.1, -0.05) is 88.4 Å². The number of aliphatic hydroxyl groups is 1. The van der Waals surface area contributed by atoms with E-state index in [1.807, 2.05) is 18.2 Å². The summed E-state index contributed by atoms with van der Waals surface area (Å²) < 4.78 is 0. The molecule has 0 spiro atoms. The Balaban J connectivity index is 1.33. The second-order valence-electron chi connectivity index (χ2n) is 12.5. The lowest BCUT2D eigenvalue weighted by molar-refractivity contribution is -0.128. The van der Waals surface area contributed by atoms with Gasteiger partial charge in [0.1, 0.15) is 0 Å². The van der Waals surface area contributed by atoms with Crippen LogP contribution in [0.5, 0.6) is 0 Å². The first-order chi connectivity index (χ1) is 20.3. The van der Waals surface area contributed by atoms with Crippen molar-refractivity contribution >= 4 is 17.2 Å². The third-order valence-electron chi connectivity index (χ3n) is 8.40. The number of carbonyl (C=O) groups excluding carboxylic acids is 1. The van der Waals surface area contributed by atoms with E-state index in [9.17, 15) is 9.90 Å². The van der Waals surface area contributed by atoms with Crippen LogP contribution in [0.2, 0.25) is 0 Å². The van der Waals surface area contributed by atoms with E-state index >= 15 is 0 Å². The molecule has 4 rings (SSSR count). The number of carbonyl (C=O) groups is 1. The predicted molar refractivity (Wildman–Crippen MR) is 174 cm³/mol. The van der Waals surface area contributed by atoms with Crippen molar-refractivity contribution in [1.82, 2.24) is 20.1 Å². The van der Waals surface area contributed by atoms with Gasteiger partial charge in [0.05, 0.1) is 22.8 Å². The highest BCUT2D eigenvalue weighted by Crippen LogP contribution is 2.23. The van der Waals surface area contributed by atoms with Crippen LogP contribution in [0, 0.1) is 11.8 Å². The lowest BCUT2D eigenvalue weighted by Gasteiger charge is -2.37. The number of nitrogens with zero attached hydrogens (tertiary/aromatic N) is 3. The molecule has 1 aliphatic heterocycles. The number of aliphatic hydroxyl groups excluding tert-OH is 1. The summed E-state index contributed by atoms with van der Waals surface area (Å²) in [6.07, 6.45) is 2.61. The monoisotopic (exact) mass is 590 g/mol. The molecular formula is C35H50N4O2S. The minimum absolute atomic E-state index is 0.0545. The Hall–Kier alpha value is -2.58. The number of benzene rings is 2. The Morgan fingerprint density at radius 1 is 0.929 bits per heavy atom. The molecule has 228 valence electrons. The van der Waals surface area contributed by atoms with Crippen LogP contribution in [0.1, 0.15) is 68.3 Å². The Bertz CT molecular complexity index is 1190. The van der Waals surface area contributed by atoms with Crippen LogP contribution in [0.4, 0.5) is 0 Å². The van der Waals surface area contributed by atoms with Crippen LogP contribution < -0.4 is 5.32 Å². The SMILES string of the molecule is CC(C)c1nc(CCC[C@H](C(=O)N[C@@H](Cc2ccccc2)[C@H](O)CN2CCN(Cc3ccccc3)CC2)C(C)C)cs1. The molecule has 1 aliphatic rings. The molecule has 0 aliphatic carbocycles. The fourth-order valence-corrected chi connectivity index (χ4v) is 6.65. The third kappa shape index (κ3) is 10.0. The van der Waals surface area contributed by atoms with E-state index in [2.05, 4.69) is 90.7 Å². The lowest BCUT2D eigenvalue weighted by Crippen LogP contribution is -2.54. The molecule has 1 aromatic heterocycles. The van der Waals surface area contributed by atoms with E-state index in [1.54, 1.807) is 11.3 Å². The van der Waals surface area contributed by atoms with Gasteiger partial charge in [0.15, 0.2) is 0 Å². The van der Waals surface area contributed by atoms with Gasteiger partial charge < -0.3 is 10.4 Å². The number of thiazole rings is 1. The fourth-order valence-electron chi connectivity index (χ4n) is 5.78. The van der Waals surface area contributed by atoms with E-state index < -0.39 is 6.10 Å². The zero-order valence-electron chi connectivity index (χ0n) is 25.9. The number of aromatic nitrogens is 1. The van der Waals surface area contributed by atoms with Crippen molar-refractivity contribution in [2.75, 3.05) is 32.7 Å². The molecule has 2 aromatic carbocycles. The van der Waals surface area contributed by atoms with E-state index in [4.69, 9.17) is 4.98 Å². The van der Waals surface area contributed by atoms with Crippen molar-refractivity contribution in [2.24, 2.45) is 11.8 Å². The molecule has 3 atom stereocenters. The van der Waals surface area contributed by atoms with Crippen molar-refractivity contribution in [3.05, 3.63) is 87.9 Å². The van der Waals surface area contributed by atoms with Crippen LogP contribution in [0.3, 0.4) is 0 Å². The minimum atomic E-state index is -0.646. The summed E-state index contributed by atoms with van der Waals surface area (Å²) in [4.78, 5) is 23.3. The number of piperazine rings is 1. The summed E-state index contributed by atoms with van der Waals surface area (Å²) in [6, 6.07) is 20.5. The molecule has 0 saturated carbocycles. The van der Waals surface area contributed by atoms with Crippen molar-refractivity contribution in [2.45, 2.75) is 78.0 Å². The average Bonchev–Trinajstić information content (AvgIpc) is 3.46. The summed E-state index contributed by atoms with van der Waals surface area (Å²) in [5, 5.41) is 18.1. The van der Waals surface area contributed by atoms with Gasteiger partial charge in [-0.15, -0.1) is 11.3 Å². The highest BCUT2D eigenvalue weighted by Gasteiger charge is 2.29. The Kier molecular flexibility index (Phi) is 12.6. The van der Waals surface area contributed by atoms with Crippen LogP contribution in [-0.4, -0.2) is 70.7 Å². The van der Waals surface area contributed by atoms with Crippen molar-refractivity contribution in [1.29, 1.82) is 0 Å². The van der Waals surface area contributed by atoms with Gasteiger partial charge in [-0.2, -0.15) is 0 Å². The van der Waals surface area contributed by atoms with Gasteiger partial charge in [-0.25, -0.2) is 4.98 Å². The van der Waals surface area contributed by atoms with Gasteiger partial charge in [-0.3, -0.25) is 14.6 Å². The van der Waals surface area contributed by atoms with Crippen LogP contribution in [-0.2, 0) is 24.2 Å². The normalized spacial score (nSPS) is 16.9. The zero-order chi connectivity index (χ0) is 29.9. The maximum absolute atomic E-state index is 13.7. The highest BCUT2D eigenvalue weighted by atomic mass is 32.1. The molecule has 0 radical (unpaired) electrons. The van der Waals surface area contributed by atoms with Crippen LogP contribution in [0.15, 0.2) is 66.0 Å². The van der Waals surface area contributed by atoms with E-state index in [0.717, 1.165) is 63.2 Å². The number of β-amino-alcohol motifs (C(OH)–C–C–N with tert-alkyl or cyclic N) is 1. The topological polar surface area (TPSA) is 68.7 Å². The lowest BCUT2D eigenvalue weighted by atomic mass is 9.88. The highest BCUT2D eigenvalue weighted by molar-refractivity contribution is 7.09. The molecule has 3 aromatic rings. The van der Waals surface area contributed by atoms with Gasteiger partial charge in [-0.05, 0) is 42.7 Å². The van der Waals surface area contributed by atoms with Crippen molar-refractivity contribution in [3.63, 3.8) is 0 Å². The van der Waals surface area contributed by atoms with E-state index in [0.29, 0.717) is 18.9 Å². The maximum atomic E-state index is 13.7. The van der Waals surface area contributed by atoms with Crippen molar-refractivity contribution < 1.29 is 9.90 Å². The zero-order valence-corrected chi connectivity index (χ0v) is 26.7. The number of hydrogen-bond donors (Lipinski definition) is 2. The number of nitrogens with one attached hydrogen (secondary N) is 1.